The summed E-state index contributed by atoms with van der Waals surface area (Å²) in [5.41, 5.74) is -0.0633. The van der Waals surface area contributed by atoms with Gasteiger partial charge in [-0.15, -0.1) is 0 Å². The van der Waals surface area contributed by atoms with Gasteiger partial charge in [0.25, 0.3) is 17.5 Å². The first-order valence-electron chi connectivity index (χ1n) is 6.74. The number of carbonyl (C=O) groups is 3. The Labute approximate surface area is 125 Å². The molecule has 2 aliphatic heterocycles. The summed E-state index contributed by atoms with van der Waals surface area (Å²) in [6.45, 7) is 3.48. The number of amides is 3. The van der Waals surface area contributed by atoms with Crippen molar-refractivity contribution in [1.82, 2.24) is 9.80 Å². The van der Waals surface area contributed by atoms with E-state index >= 15 is 0 Å². The maximum atomic E-state index is 12.5. The Bertz CT molecular complexity index is 736. The van der Waals surface area contributed by atoms with Crippen molar-refractivity contribution in [3.8, 4) is 0 Å². The fourth-order valence-electron chi connectivity index (χ4n) is 2.88. The van der Waals surface area contributed by atoms with Crippen LogP contribution in [0.15, 0.2) is 12.1 Å². The van der Waals surface area contributed by atoms with Crippen molar-refractivity contribution in [1.29, 1.82) is 0 Å². The first kappa shape index (κ1) is 14.2. The number of imide groups is 1. The average Bonchev–Trinajstić information content (AvgIpc) is 2.61. The van der Waals surface area contributed by atoms with Crippen molar-refractivity contribution in [3.05, 3.63) is 38.9 Å². The van der Waals surface area contributed by atoms with Crippen LogP contribution in [-0.2, 0) is 4.79 Å². The maximum absolute atomic E-state index is 12.5. The minimum absolute atomic E-state index is 0.0589. The third-order valence-electron chi connectivity index (χ3n) is 4.12. The van der Waals surface area contributed by atoms with Gasteiger partial charge in [-0.05, 0) is 13.0 Å². The summed E-state index contributed by atoms with van der Waals surface area (Å²) in [5, 5.41) is 11.2. The SMILES string of the molecule is CC(=O)N1CC(N2C(=O)c3ccc(C)c([N+](=O)[O-])c3C2=O)C1. The Kier molecular flexibility index (Phi) is 2.98. The summed E-state index contributed by atoms with van der Waals surface area (Å²) in [7, 11) is 0. The van der Waals surface area contributed by atoms with Gasteiger partial charge in [0.05, 0.1) is 16.5 Å². The number of fused-ring (bicyclic) bond motifs is 1. The molecule has 114 valence electrons. The quantitative estimate of drug-likeness (QED) is 0.455. The van der Waals surface area contributed by atoms with Crippen LogP contribution < -0.4 is 0 Å². The molecule has 2 heterocycles. The smallest absolute Gasteiger partial charge is 0.285 e. The number of hydrogen-bond acceptors (Lipinski definition) is 5. The average molecular weight is 303 g/mol. The van der Waals surface area contributed by atoms with Gasteiger partial charge in [0.1, 0.15) is 5.56 Å². The molecule has 8 nitrogen and oxygen atoms in total. The van der Waals surface area contributed by atoms with Crippen LogP contribution in [0.4, 0.5) is 5.69 Å². The minimum Gasteiger partial charge on any atom is -0.339 e. The van der Waals surface area contributed by atoms with Crippen molar-refractivity contribution in [3.63, 3.8) is 0 Å². The van der Waals surface area contributed by atoms with Crippen molar-refractivity contribution in [2.45, 2.75) is 19.9 Å². The molecule has 1 aromatic rings. The molecule has 0 saturated carbocycles. The number of carbonyl (C=O) groups excluding carboxylic acids is 3. The molecule has 0 spiro atoms. The highest BCUT2D eigenvalue weighted by Crippen LogP contribution is 2.35. The number of aryl methyl sites for hydroxylation is 1. The normalized spacial score (nSPS) is 17.5. The van der Waals surface area contributed by atoms with E-state index in [0.29, 0.717) is 5.56 Å². The molecule has 3 amide bonds. The molecule has 0 atom stereocenters. The van der Waals surface area contributed by atoms with E-state index in [1.807, 2.05) is 0 Å². The van der Waals surface area contributed by atoms with E-state index < -0.39 is 22.8 Å². The summed E-state index contributed by atoms with van der Waals surface area (Å²) in [4.78, 5) is 49.2. The Hall–Kier alpha value is -2.77. The summed E-state index contributed by atoms with van der Waals surface area (Å²) in [6.07, 6.45) is 0. The van der Waals surface area contributed by atoms with Crippen molar-refractivity contribution in [2.24, 2.45) is 0 Å². The topological polar surface area (TPSA) is 101 Å². The molecule has 1 saturated heterocycles. The van der Waals surface area contributed by atoms with Crippen LogP contribution in [-0.4, -0.2) is 51.6 Å². The minimum atomic E-state index is -0.649. The second-order valence-corrected chi connectivity index (χ2v) is 5.47. The predicted octanol–water partition coefficient (Wildman–Crippen LogP) is 0.730. The van der Waals surface area contributed by atoms with Crippen LogP contribution in [0.25, 0.3) is 0 Å². The van der Waals surface area contributed by atoms with E-state index in [9.17, 15) is 24.5 Å². The third kappa shape index (κ3) is 1.80. The number of hydrogen-bond donors (Lipinski definition) is 0. The van der Waals surface area contributed by atoms with E-state index in [0.717, 1.165) is 4.90 Å². The summed E-state index contributed by atoms with van der Waals surface area (Å²) in [6, 6.07) is 2.49. The molecule has 3 rings (SSSR count). The van der Waals surface area contributed by atoms with E-state index in [4.69, 9.17) is 0 Å². The van der Waals surface area contributed by atoms with Gasteiger partial charge < -0.3 is 4.90 Å². The van der Waals surface area contributed by atoms with Crippen LogP contribution in [0.1, 0.15) is 33.2 Å². The number of nitrogens with zero attached hydrogens (tertiary/aromatic N) is 3. The summed E-state index contributed by atoms with van der Waals surface area (Å²) < 4.78 is 0. The second kappa shape index (κ2) is 4.62. The number of rotatable bonds is 2. The van der Waals surface area contributed by atoms with Crippen LogP contribution in [0.5, 0.6) is 0 Å². The molecule has 22 heavy (non-hydrogen) atoms. The fourth-order valence-corrected chi connectivity index (χ4v) is 2.88. The highest BCUT2D eigenvalue weighted by molar-refractivity contribution is 6.23. The first-order valence-corrected chi connectivity index (χ1v) is 6.74. The Morgan fingerprint density at radius 1 is 1.27 bits per heavy atom. The molecule has 2 aliphatic rings. The second-order valence-electron chi connectivity index (χ2n) is 5.47. The number of nitro groups is 1. The van der Waals surface area contributed by atoms with Crippen LogP contribution in [0.3, 0.4) is 0 Å². The Morgan fingerprint density at radius 2 is 1.91 bits per heavy atom. The van der Waals surface area contributed by atoms with Crippen LogP contribution in [0.2, 0.25) is 0 Å². The van der Waals surface area contributed by atoms with Gasteiger partial charge in [-0.2, -0.15) is 0 Å². The van der Waals surface area contributed by atoms with Crippen LogP contribution in [0, 0.1) is 17.0 Å². The van der Waals surface area contributed by atoms with E-state index in [2.05, 4.69) is 0 Å². The van der Waals surface area contributed by atoms with Gasteiger partial charge in [-0.1, -0.05) is 6.07 Å². The molecule has 0 aliphatic carbocycles. The van der Waals surface area contributed by atoms with Gasteiger partial charge in [0, 0.05) is 25.6 Å². The van der Waals surface area contributed by atoms with Gasteiger partial charge in [-0.3, -0.25) is 29.4 Å². The third-order valence-corrected chi connectivity index (χ3v) is 4.12. The van der Waals surface area contributed by atoms with Gasteiger partial charge in [-0.25, -0.2) is 0 Å². The molecule has 0 aromatic heterocycles. The Balaban J connectivity index is 1.98. The predicted molar refractivity (Wildman–Crippen MR) is 74.4 cm³/mol. The lowest BCUT2D eigenvalue weighted by molar-refractivity contribution is -0.385. The zero-order chi connectivity index (χ0) is 16.2. The van der Waals surface area contributed by atoms with Gasteiger partial charge in [0.15, 0.2) is 0 Å². The summed E-state index contributed by atoms with van der Waals surface area (Å²) >= 11 is 0. The lowest BCUT2D eigenvalue weighted by Crippen LogP contribution is -2.61. The largest absolute Gasteiger partial charge is 0.339 e. The lowest BCUT2D eigenvalue weighted by atomic mass is 10.0. The van der Waals surface area contributed by atoms with Crippen molar-refractivity contribution >= 4 is 23.4 Å². The number of benzene rings is 1. The first-order chi connectivity index (χ1) is 10.3. The molecule has 1 fully saturated rings. The van der Waals surface area contributed by atoms with E-state index in [1.165, 1.54) is 30.9 Å². The zero-order valence-corrected chi connectivity index (χ0v) is 12.0. The van der Waals surface area contributed by atoms with Crippen molar-refractivity contribution in [2.75, 3.05) is 13.1 Å². The van der Waals surface area contributed by atoms with Crippen LogP contribution >= 0.6 is 0 Å². The van der Waals surface area contributed by atoms with Crippen molar-refractivity contribution < 1.29 is 19.3 Å². The zero-order valence-electron chi connectivity index (χ0n) is 12.0. The van der Waals surface area contributed by atoms with E-state index in [-0.39, 0.29) is 35.8 Å². The molecular weight excluding hydrogens is 290 g/mol. The monoisotopic (exact) mass is 303 g/mol. The molecule has 0 bridgehead atoms. The molecule has 8 heteroatoms. The highest BCUT2D eigenvalue weighted by atomic mass is 16.6. The summed E-state index contributed by atoms with van der Waals surface area (Å²) in [5.74, 6) is -1.31. The fraction of sp³-hybridized carbons (Fsp3) is 0.357. The molecule has 0 N–H and O–H groups in total. The van der Waals surface area contributed by atoms with Gasteiger partial charge in [0.2, 0.25) is 5.91 Å². The Morgan fingerprint density at radius 3 is 2.45 bits per heavy atom. The molecule has 1 aromatic carbocycles. The van der Waals surface area contributed by atoms with E-state index in [1.54, 1.807) is 0 Å². The number of nitro benzene ring substituents is 1. The molecule has 0 radical (unpaired) electrons. The molecular formula is C14H13N3O5. The highest BCUT2D eigenvalue weighted by Gasteiger charge is 2.48. The lowest BCUT2D eigenvalue weighted by Gasteiger charge is -2.42. The maximum Gasteiger partial charge on any atom is 0.285 e. The molecule has 0 unspecified atom stereocenters. The number of likely N-dealkylation sites (tertiary alicyclic amines) is 1. The standard InChI is InChI=1S/C14H13N3O5/c1-7-3-4-10-11(12(7)17(21)22)14(20)16(13(10)19)9-5-15(6-9)8(2)18/h3-4,9H,5-6H2,1-2H3. The van der Waals surface area contributed by atoms with Gasteiger partial charge >= 0.3 is 0 Å².